The van der Waals surface area contributed by atoms with Crippen LogP contribution < -0.4 is 0 Å². The van der Waals surface area contributed by atoms with Gasteiger partial charge in [0.2, 0.25) is 5.88 Å². The summed E-state index contributed by atoms with van der Waals surface area (Å²) in [6, 6.07) is 10.7. The number of esters is 1. The third-order valence-corrected chi connectivity index (χ3v) is 4.33. The van der Waals surface area contributed by atoms with Crippen molar-refractivity contribution in [2.75, 3.05) is 7.11 Å². The maximum atomic E-state index is 12.3. The van der Waals surface area contributed by atoms with Gasteiger partial charge in [0.1, 0.15) is 6.54 Å². The number of hydrogen-bond acceptors (Lipinski definition) is 7. The van der Waals surface area contributed by atoms with E-state index in [0.29, 0.717) is 16.5 Å². The van der Waals surface area contributed by atoms with Gasteiger partial charge in [-0.1, -0.05) is 24.3 Å². The van der Waals surface area contributed by atoms with Crippen molar-refractivity contribution >= 4 is 34.2 Å². The maximum absolute atomic E-state index is 12.3. The zero-order valence-electron chi connectivity index (χ0n) is 15.5. The number of aromatic nitrogens is 1. The van der Waals surface area contributed by atoms with Crippen molar-refractivity contribution in [3.8, 4) is 5.88 Å². The number of fused-ring (bicyclic) bond motifs is 1. The molecule has 0 fully saturated rings. The standard InChI is InChI=1S/C19H16N4O6/c1-11-7-8-12(9-15(11)23(27)28)18(25)21-20-17-13-5-3-4-6-14(13)22(19(17)26)10-16(24)29-2/h3-9,26H,10H2,1-2H3. The number of ether oxygens (including phenoxy) is 1. The van der Waals surface area contributed by atoms with Gasteiger partial charge < -0.3 is 9.84 Å². The molecule has 29 heavy (non-hydrogen) atoms. The summed E-state index contributed by atoms with van der Waals surface area (Å²) in [7, 11) is 1.23. The second-order valence-corrected chi connectivity index (χ2v) is 6.12. The van der Waals surface area contributed by atoms with Crippen molar-refractivity contribution in [2.24, 2.45) is 10.2 Å². The summed E-state index contributed by atoms with van der Waals surface area (Å²) in [6.45, 7) is 1.30. The fourth-order valence-corrected chi connectivity index (χ4v) is 2.82. The molecule has 1 N–H and O–H groups in total. The zero-order chi connectivity index (χ0) is 21.1. The summed E-state index contributed by atoms with van der Waals surface area (Å²) in [5, 5.41) is 29.5. The van der Waals surface area contributed by atoms with E-state index in [9.17, 15) is 24.8 Å². The van der Waals surface area contributed by atoms with E-state index in [-0.39, 0.29) is 29.4 Å². The van der Waals surface area contributed by atoms with Crippen LogP contribution in [0.1, 0.15) is 15.9 Å². The van der Waals surface area contributed by atoms with Crippen molar-refractivity contribution in [1.29, 1.82) is 0 Å². The van der Waals surface area contributed by atoms with Crippen molar-refractivity contribution in [2.45, 2.75) is 13.5 Å². The quantitative estimate of drug-likeness (QED) is 0.302. The van der Waals surface area contributed by atoms with Gasteiger partial charge in [-0.2, -0.15) is 0 Å². The molecular weight excluding hydrogens is 380 g/mol. The number of aryl methyl sites for hydroxylation is 1. The summed E-state index contributed by atoms with van der Waals surface area (Å²) in [4.78, 5) is 34.4. The first-order valence-corrected chi connectivity index (χ1v) is 8.41. The van der Waals surface area contributed by atoms with E-state index in [2.05, 4.69) is 15.0 Å². The van der Waals surface area contributed by atoms with E-state index in [1.54, 1.807) is 31.2 Å². The molecule has 0 saturated carbocycles. The second-order valence-electron chi connectivity index (χ2n) is 6.12. The minimum absolute atomic E-state index is 0.000496. The monoisotopic (exact) mass is 396 g/mol. The average molecular weight is 396 g/mol. The third kappa shape index (κ3) is 3.81. The van der Waals surface area contributed by atoms with Crippen LogP contribution in [-0.2, 0) is 16.1 Å². The van der Waals surface area contributed by atoms with Crippen LogP contribution in [0.25, 0.3) is 10.9 Å². The minimum atomic E-state index is -0.808. The zero-order valence-corrected chi connectivity index (χ0v) is 15.5. The minimum Gasteiger partial charge on any atom is -0.493 e. The molecule has 0 aliphatic carbocycles. The van der Waals surface area contributed by atoms with Gasteiger partial charge in [-0.25, -0.2) is 0 Å². The van der Waals surface area contributed by atoms with Gasteiger partial charge >= 0.3 is 5.97 Å². The number of methoxy groups -OCH3 is 1. The summed E-state index contributed by atoms with van der Waals surface area (Å²) < 4.78 is 5.92. The molecule has 3 rings (SSSR count). The lowest BCUT2D eigenvalue weighted by molar-refractivity contribution is -0.385. The van der Waals surface area contributed by atoms with Gasteiger partial charge in [0, 0.05) is 17.0 Å². The van der Waals surface area contributed by atoms with Crippen LogP contribution in [0.5, 0.6) is 5.88 Å². The Balaban J connectivity index is 2.00. The van der Waals surface area contributed by atoms with Crippen LogP contribution in [0.4, 0.5) is 11.4 Å². The molecular formula is C19H16N4O6. The molecule has 0 spiro atoms. The first kappa shape index (κ1) is 19.7. The molecule has 1 aromatic heterocycles. The van der Waals surface area contributed by atoms with E-state index in [4.69, 9.17) is 0 Å². The topological polar surface area (TPSA) is 136 Å². The Morgan fingerprint density at radius 3 is 2.66 bits per heavy atom. The normalized spacial score (nSPS) is 11.1. The molecule has 1 heterocycles. The second kappa shape index (κ2) is 7.89. The summed E-state index contributed by atoms with van der Waals surface area (Å²) in [5.41, 5.74) is 0.696. The molecule has 2 aromatic carbocycles. The number of nitro groups is 1. The largest absolute Gasteiger partial charge is 0.493 e. The lowest BCUT2D eigenvalue weighted by Gasteiger charge is -2.04. The van der Waals surface area contributed by atoms with E-state index >= 15 is 0 Å². The van der Waals surface area contributed by atoms with Gasteiger partial charge in [0.05, 0.1) is 23.1 Å². The third-order valence-electron chi connectivity index (χ3n) is 4.33. The first-order valence-electron chi connectivity index (χ1n) is 8.41. The maximum Gasteiger partial charge on any atom is 0.325 e. The van der Waals surface area contributed by atoms with Gasteiger partial charge in [-0.15, -0.1) is 10.2 Å². The number of para-hydroxylation sites is 1. The number of nitro benzene ring substituents is 1. The van der Waals surface area contributed by atoms with Gasteiger partial charge in [0.25, 0.3) is 11.6 Å². The Morgan fingerprint density at radius 2 is 1.97 bits per heavy atom. The molecule has 0 atom stereocenters. The number of aromatic hydroxyl groups is 1. The Kier molecular flexibility index (Phi) is 5.35. The molecule has 1 amide bonds. The number of benzene rings is 2. The molecule has 0 saturated heterocycles. The van der Waals surface area contributed by atoms with E-state index in [0.717, 1.165) is 6.07 Å². The predicted octanol–water partition coefficient (Wildman–Crippen LogP) is 3.66. The highest BCUT2D eigenvalue weighted by molar-refractivity contribution is 5.98. The van der Waals surface area contributed by atoms with Crippen LogP contribution >= 0.6 is 0 Å². The Morgan fingerprint density at radius 1 is 1.24 bits per heavy atom. The van der Waals surface area contributed by atoms with Crippen LogP contribution in [0.15, 0.2) is 52.7 Å². The molecule has 0 aliphatic rings. The number of hydrogen-bond donors (Lipinski definition) is 1. The highest BCUT2D eigenvalue weighted by Crippen LogP contribution is 2.38. The fraction of sp³-hybridized carbons (Fsp3) is 0.158. The lowest BCUT2D eigenvalue weighted by Crippen LogP contribution is -2.10. The van der Waals surface area contributed by atoms with Crippen LogP contribution in [0.3, 0.4) is 0 Å². The van der Waals surface area contributed by atoms with E-state index in [1.807, 2.05) is 0 Å². The Labute approximate surface area is 164 Å². The number of rotatable bonds is 5. The van der Waals surface area contributed by atoms with E-state index < -0.39 is 16.8 Å². The van der Waals surface area contributed by atoms with Crippen molar-refractivity contribution in [3.63, 3.8) is 0 Å². The molecule has 10 nitrogen and oxygen atoms in total. The van der Waals surface area contributed by atoms with Crippen LogP contribution in [0, 0.1) is 17.0 Å². The van der Waals surface area contributed by atoms with Gasteiger partial charge in [0.15, 0.2) is 5.69 Å². The van der Waals surface area contributed by atoms with Crippen molar-refractivity contribution in [3.05, 3.63) is 63.7 Å². The summed E-state index contributed by atoms with van der Waals surface area (Å²) >= 11 is 0. The summed E-state index contributed by atoms with van der Waals surface area (Å²) in [5.74, 6) is -1.74. The lowest BCUT2D eigenvalue weighted by atomic mass is 10.1. The van der Waals surface area contributed by atoms with Gasteiger partial charge in [-0.3, -0.25) is 24.3 Å². The molecule has 148 valence electrons. The molecule has 10 heteroatoms. The average Bonchev–Trinajstić information content (AvgIpc) is 2.97. The molecule has 0 radical (unpaired) electrons. The number of carbonyl (C=O) groups is 2. The van der Waals surface area contributed by atoms with E-state index in [1.165, 1.54) is 23.8 Å². The molecule has 3 aromatic rings. The highest BCUT2D eigenvalue weighted by Gasteiger charge is 2.19. The Hall–Kier alpha value is -4.08. The molecule has 0 aliphatic heterocycles. The number of carbonyl (C=O) groups excluding carboxylic acids is 2. The Bertz CT molecular complexity index is 1160. The number of amides is 1. The predicted molar refractivity (Wildman–Crippen MR) is 102 cm³/mol. The summed E-state index contributed by atoms with van der Waals surface area (Å²) in [6.07, 6.45) is 0. The SMILES string of the molecule is COC(=O)Cn1c(O)c(N=NC(=O)c2ccc(C)c([N+](=O)[O-])c2)c2ccccc21. The number of azo groups is 1. The van der Waals surface area contributed by atoms with Crippen molar-refractivity contribution < 1.29 is 24.4 Å². The van der Waals surface area contributed by atoms with Crippen LogP contribution in [-0.4, -0.2) is 33.6 Å². The van der Waals surface area contributed by atoms with Crippen molar-refractivity contribution in [1.82, 2.24) is 4.57 Å². The smallest absolute Gasteiger partial charge is 0.325 e. The van der Waals surface area contributed by atoms with Crippen LogP contribution in [0.2, 0.25) is 0 Å². The first-order chi connectivity index (χ1) is 13.8. The van der Waals surface area contributed by atoms with Gasteiger partial charge in [-0.05, 0) is 19.1 Å². The highest BCUT2D eigenvalue weighted by atomic mass is 16.6. The number of nitrogens with zero attached hydrogens (tertiary/aromatic N) is 4. The molecule has 0 bridgehead atoms. The molecule has 0 unspecified atom stereocenters. The fourth-order valence-electron chi connectivity index (χ4n) is 2.82.